The molecule has 0 aliphatic heterocycles. The Morgan fingerprint density at radius 1 is 1.50 bits per heavy atom. The monoisotopic (exact) mass is 316 g/mol. The largest absolute Gasteiger partial charge is 0.389 e. The van der Waals surface area contributed by atoms with Crippen LogP contribution in [0.3, 0.4) is 0 Å². The van der Waals surface area contributed by atoms with Crippen molar-refractivity contribution in [3.8, 4) is 0 Å². The summed E-state index contributed by atoms with van der Waals surface area (Å²) < 4.78 is 8.28. The van der Waals surface area contributed by atoms with Crippen LogP contribution in [0.1, 0.15) is 38.1 Å². The normalized spacial score (nSPS) is 27.3. The Kier molecular flexibility index (Phi) is 4.14. The topological polar surface area (TPSA) is 47.3 Å². The maximum atomic E-state index is 10.4. The van der Waals surface area contributed by atoms with Crippen LogP contribution >= 0.6 is 15.9 Å². The lowest BCUT2D eigenvalue weighted by Crippen LogP contribution is -2.49. The van der Waals surface area contributed by atoms with Gasteiger partial charge >= 0.3 is 0 Å². The number of methoxy groups -OCH3 is 1. The van der Waals surface area contributed by atoms with E-state index in [2.05, 4.69) is 34.9 Å². The van der Waals surface area contributed by atoms with Crippen LogP contribution < -0.4 is 0 Å². The molecule has 1 fully saturated rings. The SMILES string of the molecule is CCc1nn(CC)c(CC2(O)CC(OC)C2)c1Br. The summed E-state index contributed by atoms with van der Waals surface area (Å²) in [5, 5.41) is 15.0. The number of nitrogens with zero attached hydrogens (tertiary/aromatic N) is 2. The van der Waals surface area contributed by atoms with Crippen molar-refractivity contribution < 1.29 is 9.84 Å². The minimum Gasteiger partial charge on any atom is -0.389 e. The van der Waals surface area contributed by atoms with Crippen LogP contribution in [0.25, 0.3) is 0 Å². The Morgan fingerprint density at radius 2 is 2.17 bits per heavy atom. The van der Waals surface area contributed by atoms with Crippen molar-refractivity contribution in [2.75, 3.05) is 7.11 Å². The summed E-state index contributed by atoms with van der Waals surface area (Å²) in [6.45, 7) is 5.00. The first-order chi connectivity index (χ1) is 8.53. The van der Waals surface area contributed by atoms with Crippen molar-refractivity contribution in [1.82, 2.24) is 9.78 Å². The number of rotatable bonds is 5. The van der Waals surface area contributed by atoms with E-state index in [1.807, 2.05) is 4.68 Å². The van der Waals surface area contributed by atoms with E-state index in [-0.39, 0.29) is 6.10 Å². The zero-order valence-corrected chi connectivity index (χ0v) is 12.8. The molecular formula is C13H21BrN2O2. The molecular weight excluding hydrogens is 296 g/mol. The molecule has 1 saturated carbocycles. The van der Waals surface area contributed by atoms with Crippen LogP contribution in [0, 0.1) is 0 Å². The molecule has 0 unspecified atom stereocenters. The Balaban J connectivity index is 2.16. The zero-order chi connectivity index (χ0) is 13.3. The van der Waals surface area contributed by atoms with Crippen LogP contribution in [0.4, 0.5) is 0 Å². The molecule has 0 aromatic carbocycles. The lowest BCUT2D eigenvalue weighted by Gasteiger charge is -2.42. The Hall–Kier alpha value is -0.390. The van der Waals surface area contributed by atoms with E-state index in [1.54, 1.807) is 7.11 Å². The van der Waals surface area contributed by atoms with Gasteiger partial charge < -0.3 is 9.84 Å². The van der Waals surface area contributed by atoms with Crippen LogP contribution in [0.15, 0.2) is 4.47 Å². The van der Waals surface area contributed by atoms with Gasteiger partial charge in [0.15, 0.2) is 0 Å². The number of aliphatic hydroxyl groups is 1. The van der Waals surface area contributed by atoms with Gasteiger partial charge in [0.25, 0.3) is 0 Å². The average Bonchev–Trinajstić information content (AvgIpc) is 2.62. The van der Waals surface area contributed by atoms with E-state index < -0.39 is 5.60 Å². The van der Waals surface area contributed by atoms with Gasteiger partial charge in [0.2, 0.25) is 0 Å². The third-order valence-electron chi connectivity index (χ3n) is 3.74. The molecule has 18 heavy (non-hydrogen) atoms. The molecule has 2 rings (SSSR count). The molecule has 0 spiro atoms. The summed E-state index contributed by atoms with van der Waals surface area (Å²) in [4.78, 5) is 0. The molecule has 1 aliphatic rings. The van der Waals surface area contributed by atoms with Gasteiger partial charge in [-0.2, -0.15) is 5.10 Å². The quantitative estimate of drug-likeness (QED) is 0.906. The van der Waals surface area contributed by atoms with Crippen molar-refractivity contribution in [2.45, 2.75) is 57.8 Å². The van der Waals surface area contributed by atoms with Crippen LogP contribution in [0.2, 0.25) is 0 Å². The van der Waals surface area contributed by atoms with E-state index in [0.29, 0.717) is 19.3 Å². The van der Waals surface area contributed by atoms with Crippen LogP contribution in [-0.2, 0) is 24.1 Å². The molecule has 0 saturated heterocycles. The first kappa shape index (κ1) is 14.0. The molecule has 1 heterocycles. The summed E-state index contributed by atoms with van der Waals surface area (Å²) in [6.07, 6.45) is 3.18. The maximum absolute atomic E-state index is 10.4. The van der Waals surface area contributed by atoms with E-state index in [9.17, 15) is 5.11 Å². The molecule has 5 heteroatoms. The third kappa shape index (κ3) is 2.49. The second-order valence-corrected chi connectivity index (χ2v) is 5.84. The lowest BCUT2D eigenvalue weighted by atomic mass is 9.74. The van der Waals surface area contributed by atoms with Crippen molar-refractivity contribution in [3.05, 3.63) is 15.9 Å². The van der Waals surface area contributed by atoms with Crippen LogP contribution in [0.5, 0.6) is 0 Å². The van der Waals surface area contributed by atoms with Gasteiger partial charge in [-0.15, -0.1) is 0 Å². The standard InChI is InChI=1S/C13H21BrN2O2/c1-4-10-12(14)11(16(5-2)15-10)8-13(17)6-9(7-13)18-3/h9,17H,4-8H2,1-3H3. The highest BCUT2D eigenvalue weighted by Gasteiger charge is 2.44. The minimum absolute atomic E-state index is 0.206. The maximum Gasteiger partial charge on any atom is 0.0766 e. The molecule has 0 bridgehead atoms. The van der Waals surface area contributed by atoms with E-state index in [1.165, 1.54) is 0 Å². The molecule has 1 aromatic rings. The summed E-state index contributed by atoms with van der Waals surface area (Å²) in [6, 6.07) is 0. The third-order valence-corrected chi connectivity index (χ3v) is 4.65. The highest BCUT2D eigenvalue weighted by atomic mass is 79.9. The fourth-order valence-electron chi connectivity index (χ4n) is 2.60. The highest BCUT2D eigenvalue weighted by molar-refractivity contribution is 9.10. The van der Waals surface area contributed by atoms with Gasteiger partial charge in [-0.1, -0.05) is 6.92 Å². The molecule has 1 aliphatic carbocycles. The molecule has 4 nitrogen and oxygen atoms in total. The number of ether oxygens (including phenoxy) is 1. The smallest absolute Gasteiger partial charge is 0.0766 e. The fraction of sp³-hybridized carbons (Fsp3) is 0.769. The van der Waals surface area contributed by atoms with Gasteiger partial charge in [0.05, 0.1) is 27.6 Å². The molecule has 1 aromatic heterocycles. The predicted octanol–water partition coefficient (Wildman–Crippen LogP) is 2.31. The van der Waals surface area contributed by atoms with Gasteiger partial charge in [-0.25, -0.2) is 0 Å². The fourth-order valence-corrected chi connectivity index (χ4v) is 3.30. The van der Waals surface area contributed by atoms with Gasteiger partial charge in [-0.3, -0.25) is 4.68 Å². The molecule has 0 atom stereocenters. The average molecular weight is 317 g/mol. The number of hydrogen-bond donors (Lipinski definition) is 1. The number of aromatic nitrogens is 2. The Labute approximate surface area is 116 Å². The predicted molar refractivity (Wildman–Crippen MR) is 73.7 cm³/mol. The Morgan fingerprint density at radius 3 is 2.67 bits per heavy atom. The summed E-state index contributed by atoms with van der Waals surface area (Å²) in [5.74, 6) is 0. The number of halogens is 1. The van der Waals surface area contributed by atoms with Crippen LogP contribution in [-0.4, -0.2) is 33.7 Å². The van der Waals surface area contributed by atoms with Crippen molar-refractivity contribution in [2.24, 2.45) is 0 Å². The zero-order valence-electron chi connectivity index (χ0n) is 11.2. The van der Waals surface area contributed by atoms with Gasteiger partial charge in [-0.05, 0) is 29.3 Å². The number of aryl methyl sites for hydroxylation is 2. The first-order valence-corrected chi connectivity index (χ1v) is 7.31. The first-order valence-electron chi connectivity index (χ1n) is 6.52. The van der Waals surface area contributed by atoms with Gasteiger partial charge in [0, 0.05) is 32.9 Å². The molecule has 1 N–H and O–H groups in total. The second-order valence-electron chi connectivity index (χ2n) is 5.04. The van der Waals surface area contributed by atoms with E-state index in [0.717, 1.165) is 28.8 Å². The summed E-state index contributed by atoms with van der Waals surface area (Å²) in [5.41, 5.74) is 1.55. The molecule has 0 amide bonds. The molecule has 0 radical (unpaired) electrons. The van der Waals surface area contributed by atoms with Crippen molar-refractivity contribution >= 4 is 15.9 Å². The van der Waals surface area contributed by atoms with E-state index >= 15 is 0 Å². The summed E-state index contributed by atoms with van der Waals surface area (Å²) in [7, 11) is 1.70. The minimum atomic E-state index is -0.624. The molecule has 102 valence electrons. The highest BCUT2D eigenvalue weighted by Crippen LogP contribution is 2.38. The van der Waals surface area contributed by atoms with E-state index in [4.69, 9.17) is 4.74 Å². The Bertz CT molecular complexity index is 425. The number of hydrogen-bond acceptors (Lipinski definition) is 3. The van der Waals surface area contributed by atoms with Crippen molar-refractivity contribution in [1.29, 1.82) is 0 Å². The second kappa shape index (κ2) is 5.31. The van der Waals surface area contributed by atoms with Crippen molar-refractivity contribution in [3.63, 3.8) is 0 Å². The lowest BCUT2D eigenvalue weighted by molar-refractivity contribution is -0.127. The van der Waals surface area contributed by atoms with Gasteiger partial charge in [0.1, 0.15) is 0 Å². The summed E-state index contributed by atoms with van der Waals surface area (Å²) >= 11 is 3.62.